The number of anilines is 2. The lowest BCUT2D eigenvalue weighted by molar-refractivity contribution is -0.00843. The van der Waals surface area contributed by atoms with Crippen molar-refractivity contribution in [3.05, 3.63) is 52.2 Å². The van der Waals surface area contributed by atoms with Crippen LogP contribution in [0.5, 0.6) is 0 Å². The standard InChI is InChI=1S/C26H40N4O3/c1-17(2)27-21-10-9-19(29-23(21)25(5,6)32)16-26(33)13-11-20(12-14-26)30-15-7-8-22(24(30)31)28-18(3)4/h7-10,15,17-18,20,27-28,32-33H,11-14,16H2,1-6H3. The molecular formula is C26H40N4O3. The van der Waals surface area contributed by atoms with Crippen LogP contribution in [0.25, 0.3) is 0 Å². The van der Waals surface area contributed by atoms with Crippen molar-refractivity contribution in [2.24, 2.45) is 0 Å². The van der Waals surface area contributed by atoms with E-state index in [0.29, 0.717) is 30.6 Å². The highest BCUT2D eigenvalue weighted by Gasteiger charge is 2.35. The van der Waals surface area contributed by atoms with E-state index in [-0.39, 0.29) is 23.7 Å². The van der Waals surface area contributed by atoms with Crippen LogP contribution in [-0.2, 0) is 12.0 Å². The molecule has 0 aromatic carbocycles. The summed E-state index contributed by atoms with van der Waals surface area (Å²) in [4.78, 5) is 17.6. The highest BCUT2D eigenvalue weighted by atomic mass is 16.3. The van der Waals surface area contributed by atoms with Crippen molar-refractivity contribution >= 4 is 11.4 Å². The first-order valence-electron chi connectivity index (χ1n) is 12.1. The van der Waals surface area contributed by atoms with Gasteiger partial charge in [0, 0.05) is 36.4 Å². The molecular weight excluding hydrogens is 416 g/mol. The van der Waals surface area contributed by atoms with Gasteiger partial charge in [-0.15, -0.1) is 0 Å². The van der Waals surface area contributed by atoms with E-state index in [0.717, 1.165) is 24.2 Å². The van der Waals surface area contributed by atoms with E-state index in [4.69, 9.17) is 4.98 Å². The first-order chi connectivity index (χ1) is 15.4. The third kappa shape index (κ3) is 6.36. The Balaban J connectivity index is 1.74. The van der Waals surface area contributed by atoms with Gasteiger partial charge in [0.1, 0.15) is 11.3 Å². The minimum Gasteiger partial charge on any atom is -0.389 e. The summed E-state index contributed by atoms with van der Waals surface area (Å²) in [5.74, 6) is 0. The quantitative estimate of drug-likeness (QED) is 0.475. The summed E-state index contributed by atoms with van der Waals surface area (Å²) in [6.07, 6.45) is 4.92. The summed E-state index contributed by atoms with van der Waals surface area (Å²) in [5.41, 5.74) is 0.813. The van der Waals surface area contributed by atoms with Crippen LogP contribution in [0.15, 0.2) is 35.3 Å². The molecule has 0 spiro atoms. The molecule has 1 aliphatic rings. The normalized spacial score (nSPS) is 21.5. The molecule has 0 aliphatic heterocycles. The van der Waals surface area contributed by atoms with E-state index in [2.05, 4.69) is 10.6 Å². The van der Waals surface area contributed by atoms with Gasteiger partial charge in [-0.3, -0.25) is 9.78 Å². The third-order valence-corrected chi connectivity index (χ3v) is 6.18. The van der Waals surface area contributed by atoms with E-state index in [9.17, 15) is 15.0 Å². The number of rotatable bonds is 8. The highest BCUT2D eigenvalue weighted by Crippen LogP contribution is 2.37. The predicted molar refractivity (Wildman–Crippen MR) is 134 cm³/mol. The molecule has 0 unspecified atom stereocenters. The average molecular weight is 457 g/mol. The molecule has 0 atom stereocenters. The lowest BCUT2D eigenvalue weighted by atomic mass is 9.79. The first-order valence-corrected chi connectivity index (χ1v) is 12.1. The molecule has 0 amide bonds. The molecule has 2 heterocycles. The number of aliphatic hydroxyl groups is 2. The number of nitrogens with one attached hydrogen (secondary N) is 2. The largest absolute Gasteiger partial charge is 0.389 e. The zero-order chi connectivity index (χ0) is 24.4. The molecule has 2 aromatic heterocycles. The number of hydrogen-bond donors (Lipinski definition) is 4. The molecule has 182 valence electrons. The molecule has 1 fully saturated rings. The molecule has 4 N–H and O–H groups in total. The second-order valence-corrected chi connectivity index (χ2v) is 10.6. The Morgan fingerprint density at radius 1 is 1.09 bits per heavy atom. The second kappa shape index (κ2) is 9.85. The maximum absolute atomic E-state index is 12.9. The number of pyridine rings is 2. The zero-order valence-corrected chi connectivity index (χ0v) is 20.9. The topological polar surface area (TPSA) is 99.4 Å². The molecule has 2 aromatic rings. The fraction of sp³-hybridized carbons (Fsp3) is 0.615. The van der Waals surface area contributed by atoms with Gasteiger partial charge in [-0.05, 0) is 91.5 Å². The van der Waals surface area contributed by atoms with E-state index in [1.165, 1.54) is 0 Å². The Bertz CT molecular complexity index is 999. The molecule has 0 radical (unpaired) electrons. The van der Waals surface area contributed by atoms with Crippen LogP contribution < -0.4 is 16.2 Å². The monoisotopic (exact) mass is 456 g/mol. The molecule has 1 aliphatic carbocycles. The van der Waals surface area contributed by atoms with Crippen LogP contribution in [0.3, 0.4) is 0 Å². The molecule has 0 saturated heterocycles. The summed E-state index contributed by atoms with van der Waals surface area (Å²) in [7, 11) is 0. The maximum atomic E-state index is 12.9. The van der Waals surface area contributed by atoms with E-state index < -0.39 is 11.2 Å². The predicted octanol–water partition coefficient (Wildman–Crippen LogP) is 4.20. The molecule has 33 heavy (non-hydrogen) atoms. The summed E-state index contributed by atoms with van der Waals surface area (Å²) in [5, 5.41) is 28.5. The van der Waals surface area contributed by atoms with Crippen molar-refractivity contribution in [2.75, 3.05) is 10.6 Å². The van der Waals surface area contributed by atoms with Crippen LogP contribution >= 0.6 is 0 Å². The summed E-state index contributed by atoms with van der Waals surface area (Å²) >= 11 is 0. The van der Waals surface area contributed by atoms with Gasteiger partial charge in [-0.2, -0.15) is 0 Å². The average Bonchev–Trinajstić information content (AvgIpc) is 2.70. The van der Waals surface area contributed by atoms with Crippen molar-refractivity contribution in [2.45, 2.75) is 103 Å². The summed E-state index contributed by atoms with van der Waals surface area (Å²) in [6.45, 7) is 11.6. The van der Waals surface area contributed by atoms with Gasteiger partial charge in [0.05, 0.1) is 17.0 Å². The Morgan fingerprint density at radius 3 is 2.27 bits per heavy atom. The van der Waals surface area contributed by atoms with Crippen molar-refractivity contribution in [3.8, 4) is 0 Å². The van der Waals surface area contributed by atoms with Gasteiger partial charge in [0.2, 0.25) is 0 Å². The SMILES string of the molecule is CC(C)Nc1ccc(CC2(O)CCC(n3cccc(NC(C)C)c3=O)CC2)nc1C(C)(C)O. The van der Waals surface area contributed by atoms with Crippen molar-refractivity contribution in [3.63, 3.8) is 0 Å². The van der Waals surface area contributed by atoms with E-state index in [1.807, 2.05) is 58.2 Å². The minimum absolute atomic E-state index is 0.00799. The third-order valence-electron chi connectivity index (χ3n) is 6.18. The van der Waals surface area contributed by atoms with Crippen LogP contribution in [-0.4, -0.2) is 37.4 Å². The van der Waals surface area contributed by atoms with Crippen LogP contribution in [0.1, 0.15) is 84.7 Å². The van der Waals surface area contributed by atoms with Crippen molar-refractivity contribution in [1.82, 2.24) is 9.55 Å². The summed E-state index contributed by atoms with van der Waals surface area (Å²) in [6, 6.07) is 8.07. The summed E-state index contributed by atoms with van der Waals surface area (Å²) < 4.78 is 1.81. The second-order valence-electron chi connectivity index (χ2n) is 10.6. The lowest BCUT2D eigenvalue weighted by Gasteiger charge is -2.37. The van der Waals surface area contributed by atoms with Gasteiger partial charge in [-0.1, -0.05) is 0 Å². The zero-order valence-electron chi connectivity index (χ0n) is 20.9. The van der Waals surface area contributed by atoms with Crippen molar-refractivity contribution in [1.29, 1.82) is 0 Å². The molecule has 0 bridgehead atoms. The van der Waals surface area contributed by atoms with Gasteiger partial charge in [0.15, 0.2) is 0 Å². The minimum atomic E-state index is -1.09. The molecule has 3 rings (SSSR count). The Labute approximate surface area is 197 Å². The van der Waals surface area contributed by atoms with Gasteiger partial charge in [0.25, 0.3) is 5.56 Å². The number of hydrogen-bond acceptors (Lipinski definition) is 6. The Morgan fingerprint density at radius 2 is 1.70 bits per heavy atom. The van der Waals surface area contributed by atoms with Crippen LogP contribution in [0.2, 0.25) is 0 Å². The van der Waals surface area contributed by atoms with Crippen molar-refractivity contribution < 1.29 is 10.2 Å². The van der Waals surface area contributed by atoms with Gasteiger partial charge >= 0.3 is 0 Å². The number of nitrogens with zero attached hydrogens (tertiary/aromatic N) is 2. The fourth-order valence-electron chi connectivity index (χ4n) is 4.64. The molecule has 7 nitrogen and oxygen atoms in total. The molecule has 7 heteroatoms. The Hall–Kier alpha value is -2.38. The molecule has 1 saturated carbocycles. The smallest absolute Gasteiger partial charge is 0.274 e. The van der Waals surface area contributed by atoms with E-state index in [1.54, 1.807) is 18.4 Å². The van der Waals surface area contributed by atoms with Gasteiger partial charge < -0.3 is 25.4 Å². The lowest BCUT2D eigenvalue weighted by Crippen LogP contribution is -2.39. The Kier molecular flexibility index (Phi) is 7.54. The first kappa shape index (κ1) is 25.2. The van der Waals surface area contributed by atoms with Crippen LogP contribution in [0.4, 0.5) is 11.4 Å². The van der Waals surface area contributed by atoms with Crippen LogP contribution in [0, 0.1) is 0 Å². The number of aromatic nitrogens is 2. The fourth-order valence-corrected chi connectivity index (χ4v) is 4.64. The van der Waals surface area contributed by atoms with E-state index >= 15 is 0 Å². The van der Waals surface area contributed by atoms with Gasteiger partial charge in [-0.25, -0.2) is 0 Å². The highest BCUT2D eigenvalue weighted by molar-refractivity contribution is 5.51. The maximum Gasteiger partial charge on any atom is 0.274 e.